The second kappa shape index (κ2) is 4.67. The van der Waals surface area contributed by atoms with Gasteiger partial charge in [-0.25, -0.2) is 0 Å². The third kappa shape index (κ3) is 2.35. The first-order chi connectivity index (χ1) is 7.93. The predicted molar refractivity (Wildman–Crippen MR) is 65.9 cm³/mol. The summed E-state index contributed by atoms with van der Waals surface area (Å²) in [6.45, 7) is 3.54. The normalized spacial score (nSPS) is 22.2. The van der Waals surface area contributed by atoms with Crippen LogP contribution in [0.4, 0.5) is 5.13 Å². The summed E-state index contributed by atoms with van der Waals surface area (Å²) in [5, 5.41) is 12.7. The van der Waals surface area contributed by atoms with Crippen LogP contribution >= 0.6 is 11.3 Å². The van der Waals surface area contributed by atoms with Crippen LogP contribution in [0.3, 0.4) is 0 Å². The molecule has 1 aromatic heterocycles. The van der Waals surface area contributed by atoms with Gasteiger partial charge in [-0.3, -0.25) is 0 Å². The van der Waals surface area contributed by atoms with Crippen molar-refractivity contribution in [2.45, 2.75) is 31.7 Å². The van der Waals surface area contributed by atoms with E-state index in [-0.39, 0.29) is 0 Å². The Morgan fingerprint density at radius 2 is 2.12 bits per heavy atom. The molecule has 0 radical (unpaired) electrons. The zero-order chi connectivity index (χ0) is 10.8. The van der Waals surface area contributed by atoms with Gasteiger partial charge in [0, 0.05) is 12.6 Å². The van der Waals surface area contributed by atoms with Gasteiger partial charge in [0.1, 0.15) is 5.51 Å². The van der Waals surface area contributed by atoms with Gasteiger partial charge in [-0.15, -0.1) is 10.2 Å². The van der Waals surface area contributed by atoms with Gasteiger partial charge in [0.25, 0.3) is 0 Å². The van der Waals surface area contributed by atoms with Crippen LogP contribution in [0, 0.1) is 5.92 Å². The van der Waals surface area contributed by atoms with Crippen LogP contribution in [0.5, 0.6) is 0 Å². The first-order valence-corrected chi connectivity index (χ1v) is 7.05. The molecule has 1 aliphatic carbocycles. The number of nitrogens with one attached hydrogen (secondary N) is 1. The van der Waals surface area contributed by atoms with Gasteiger partial charge in [0.15, 0.2) is 0 Å². The van der Waals surface area contributed by atoms with Crippen molar-refractivity contribution in [1.29, 1.82) is 0 Å². The van der Waals surface area contributed by atoms with Crippen molar-refractivity contribution in [2.75, 3.05) is 24.5 Å². The third-order valence-electron chi connectivity index (χ3n) is 3.50. The Balaban J connectivity index is 1.64. The Kier molecular flexibility index (Phi) is 3.06. The molecular formula is C11H18N4S. The van der Waals surface area contributed by atoms with Crippen LogP contribution in [-0.4, -0.2) is 35.9 Å². The Morgan fingerprint density at radius 1 is 1.31 bits per heavy atom. The van der Waals surface area contributed by atoms with Gasteiger partial charge >= 0.3 is 0 Å². The Labute approximate surface area is 100 Å². The maximum absolute atomic E-state index is 4.22. The van der Waals surface area contributed by atoms with E-state index in [2.05, 4.69) is 20.4 Å². The largest absolute Gasteiger partial charge is 0.343 e. The van der Waals surface area contributed by atoms with Crippen LogP contribution in [-0.2, 0) is 0 Å². The average Bonchev–Trinajstić information content (AvgIpc) is 3.02. The van der Waals surface area contributed by atoms with E-state index in [1.807, 2.05) is 5.51 Å². The van der Waals surface area contributed by atoms with Gasteiger partial charge in [0.05, 0.1) is 0 Å². The molecule has 2 aliphatic rings. The molecule has 88 valence electrons. The molecule has 16 heavy (non-hydrogen) atoms. The summed E-state index contributed by atoms with van der Waals surface area (Å²) in [6, 6.07) is 0.753. The minimum atomic E-state index is 0.753. The molecule has 1 saturated carbocycles. The highest BCUT2D eigenvalue weighted by atomic mass is 32.1. The summed E-state index contributed by atoms with van der Waals surface area (Å²) < 4.78 is 0. The van der Waals surface area contributed by atoms with Gasteiger partial charge in [-0.05, 0) is 44.7 Å². The summed E-state index contributed by atoms with van der Waals surface area (Å²) in [5.41, 5.74) is 1.84. The topological polar surface area (TPSA) is 41.1 Å². The summed E-state index contributed by atoms with van der Waals surface area (Å²) >= 11 is 1.68. The van der Waals surface area contributed by atoms with Crippen LogP contribution in [0.15, 0.2) is 5.51 Å². The number of hydrogen-bond donors (Lipinski definition) is 1. The fourth-order valence-electron chi connectivity index (χ4n) is 2.40. The van der Waals surface area contributed by atoms with Crippen LogP contribution in [0.2, 0.25) is 0 Å². The van der Waals surface area contributed by atoms with Crippen molar-refractivity contribution >= 4 is 16.5 Å². The van der Waals surface area contributed by atoms with E-state index in [0.29, 0.717) is 0 Å². The van der Waals surface area contributed by atoms with Crippen molar-refractivity contribution in [1.82, 2.24) is 15.5 Å². The summed E-state index contributed by atoms with van der Waals surface area (Å²) in [5.74, 6) is 0.839. The minimum Gasteiger partial charge on any atom is -0.343 e. The van der Waals surface area contributed by atoms with Gasteiger partial charge in [-0.1, -0.05) is 11.3 Å². The van der Waals surface area contributed by atoms with Crippen LogP contribution < -0.4 is 10.2 Å². The Morgan fingerprint density at radius 3 is 2.75 bits per heavy atom. The SMILES string of the molecule is c1nnc(N(CC2CCNCC2)C2CC2)s1. The first-order valence-electron chi connectivity index (χ1n) is 6.17. The molecule has 4 nitrogen and oxygen atoms in total. The molecule has 1 N–H and O–H groups in total. The highest BCUT2D eigenvalue weighted by Crippen LogP contribution is 2.33. The quantitative estimate of drug-likeness (QED) is 0.863. The molecule has 1 aliphatic heterocycles. The molecule has 0 atom stereocenters. The second-order valence-electron chi connectivity index (χ2n) is 4.80. The Hall–Kier alpha value is -0.680. The monoisotopic (exact) mass is 238 g/mol. The zero-order valence-corrected chi connectivity index (χ0v) is 10.2. The van der Waals surface area contributed by atoms with Crippen LogP contribution in [0.1, 0.15) is 25.7 Å². The molecule has 0 amide bonds. The van der Waals surface area contributed by atoms with Crippen molar-refractivity contribution in [2.24, 2.45) is 5.92 Å². The van der Waals surface area contributed by atoms with E-state index < -0.39 is 0 Å². The lowest BCUT2D eigenvalue weighted by Crippen LogP contribution is -2.37. The van der Waals surface area contributed by atoms with Gasteiger partial charge < -0.3 is 10.2 Å². The lowest BCUT2D eigenvalue weighted by molar-refractivity contribution is 0.372. The molecule has 0 bridgehead atoms. The van der Waals surface area contributed by atoms with Crippen molar-refractivity contribution in [3.8, 4) is 0 Å². The number of anilines is 1. The number of hydrogen-bond acceptors (Lipinski definition) is 5. The molecule has 3 rings (SSSR count). The number of rotatable bonds is 4. The predicted octanol–water partition coefficient (Wildman–Crippen LogP) is 1.51. The third-order valence-corrected chi connectivity index (χ3v) is 4.22. The van der Waals surface area contributed by atoms with Crippen LogP contribution in [0.25, 0.3) is 0 Å². The lowest BCUT2D eigenvalue weighted by Gasteiger charge is -2.29. The van der Waals surface area contributed by atoms with E-state index in [1.54, 1.807) is 11.3 Å². The van der Waals surface area contributed by atoms with E-state index in [1.165, 1.54) is 45.3 Å². The maximum Gasteiger partial charge on any atom is 0.208 e. The smallest absolute Gasteiger partial charge is 0.208 e. The zero-order valence-electron chi connectivity index (χ0n) is 9.43. The number of nitrogens with zero attached hydrogens (tertiary/aromatic N) is 3. The molecule has 1 saturated heterocycles. The number of piperidine rings is 1. The highest BCUT2D eigenvalue weighted by Gasteiger charge is 2.32. The molecule has 0 spiro atoms. The van der Waals surface area contributed by atoms with Crippen molar-refractivity contribution in [3.05, 3.63) is 5.51 Å². The molecule has 2 heterocycles. The summed E-state index contributed by atoms with van der Waals surface area (Å²) in [7, 11) is 0. The van der Waals surface area contributed by atoms with E-state index in [4.69, 9.17) is 0 Å². The minimum absolute atomic E-state index is 0.753. The van der Waals surface area contributed by atoms with Gasteiger partial charge in [-0.2, -0.15) is 0 Å². The van der Waals surface area contributed by atoms with Crippen molar-refractivity contribution in [3.63, 3.8) is 0 Å². The molecule has 0 unspecified atom stereocenters. The second-order valence-corrected chi connectivity index (χ2v) is 5.61. The molecule has 5 heteroatoms. The first kappa shape index (κ1) is 10.5. The molecular weight excluding hydrogens is 220 g/mol. The fourth-order valence-corrected chi connectivity index (χ4v) is 3.05. The molecule has 2 fully saturated rings. The van der Waals surface area contributed by atoms with E-state index >= 15 is 0 Å². The average molecular weight is 238 g/mol. The lowest BCUT2D eigenvalue weighted by atomic mass is 9.97. The fraction of sp³-hybridized carbons (Fsp3) is 0.818. The maximum atomic E-state index is 4.22. The summed E-state index contributed by atoms with van der Waals surface area (Å²) in [4.78, 5) is 2.49. The Bertz CT molecular complexity index is 317. The molecule has 0 aromatic carbocycles. The number of aromatic nitrogens is 2. The standard InChI is InChI=1S/C11H18N4S/c1-2-10(1)15(11-14-13-8-16-11)7-9-3-5-12-6-4-9/h8-10,12H,1-7H2. The molecule has 1 aromatic rings. The summed E-state index contributed by atoms with van der Waals surface area (Å²) in [6.07, 6.45) is 5.29. The van der Waals surface area contributed by atoms with E-state index in [0.717, 1.165) is 17.1 Å². The van der Waals surface area contributed by atoms with Gasteiger partial charge in [0.2, 0.25) is 5.13 Å². The van der Waals surface area contributed by atoms with E-state index in [9.17, 15) is 0 Å². The highest BCUT2D eigenvalue weighted by molar-refractivity contribution is 7.13. The van der Waals surface area contributed by atoms with Crippen molar-refractivity contribution < 1.29 is 0 Å².